The van der Waals surface area contributed by atoms with Gasteiger partial charge in [-0.15, -0.1) is 0 Å². The van der Waals surface area contributed by atoms with E-state index in [4.69, 9.17) is 4.74 Å². The lowest BCUT2D eigenvalue weighted by Crippen LogP contribution is -2.45. The number of halogens is 3. The minimum atomic E-state index is -4.70. The fourth-order valence-electron chi connectivity index (χ4n) is 3.34. The number of amides is 1. The maximum absolute atomic E-state index is 13.4. The number of aryl methyl sites for hydroxylation is 1. The van der Waals surface area contributed by atoms with Gasteiger partial charge in [-0.05, 0) is 48.7 Å². The van der Waals surface area contributed by atoms with Crippen LogP contribution in [0.4, 0.5) is 18.9 Å². The Hall–Kier alpha value is -3.37. The molecule has 0 aliphatic carbocycles. The molecule has 0 fully saturated rings. The van der Waals surface area contributed by atoms with E-state index >= 15 is 0 Å². The predicted molar refractivity (Wildman–Crippen MR) is 122 cm³/mol. The molecule has 0 aliphatic rings. The number of benzene rings is 3. The number of ether oxygens (including phenoxy) is 1. The van der Waals surface area contributed by atoms with E-state index in [9.17, 15) is 26.4 Å². The lowest BCUT2D eigenvalue weighted by Gasteiger charge is -2.21. The number of nitrogens with one attached hydrogen (secondary N) is 2. The van der Waals surface area contributed by atoms with Crippen molar-refractivity contribution in [2.45, 2.75) is 30.5 Å². The monoisotopic (exact) mass is 492 g/mol. The Morgan fingerprint density at radius 2 is 1.65 bits per heavy atom. The Labute approximate surface area is 195 Å². The van der Waals surface area contributed by atoms with Crippen molar-refractivity contribution >= 4 is 21.6 Å². The van der Waals surface area contributed by atoms with Gasteiger partial charge in [-0.3, -0.25) is 4.79 Å². The molecule has 3 aromatic carbocycles. The van der Waals surface area contributed by atoms with Crippen molar-refractivity contribution in [2.75, 3.05) is 12.4 Å². The first-order chi connectivity index (χ1) is 16.0. The molecule has 0 saturated heterocycles. The first-order valence-electron chi connectivity index (χ1n) is 10.2. The Balaban J connectivity index is 1.97. The second kappa shape index (κ2) is 10.3. The Bertz CT molecular complexity index is 1260. The zero-order valence-corrected chi connectivity index (χ0v) is 19.2. The fraction of sp³-hybridized carbons (Fsp3) is 0.208. The second-order valence-corrected chi connectivity index (χ2v) is 9.23. The number of hydrogen-bond donors (Lipinski definition) is 2. The van der Waals surface area contributed by atoms with Gasteiger partial charge in [0.1, 0.15) is 16.7 Å². The van der Waals surface area contributed by atoms with E-state index in [1.54, 1.807) is 43.3 Å². The molecule has 0 aromatic heterocycles. The maximum Gasteiger partial charge on any atom is 0.418 e. The molecule has 1 unspecified atom stereocenters. The number of para-hydroxylation sites is 1. The molecule has 0 radical (unpaired) electrons. The Morgan fingerprint density at radius 3 is 2.29 bits per heavy atom. The van der Waals surface area contributed by atoms with E-state index < -0.39 is 39.4 Å². The SMILES string of the molecule is COc1ccc(C)cc1S(=O)(=O)NC(Cc1ccccc1)C(=O)Nc1ccccc1C(F)(F)F. The van der Waals surface area contributed by atoms with Crippen molar-refractivity contribution in [2.24, 2.45) is 0 Å². The van der Waals surface area contributed by atoms with Gasteiger partial charge in [0.15, 0.2) is 0 Å². The van der Waals surface area contributed by atoms with Crippen LogP contribution in [-0.4, -0.2) is 27.5 Å². The van der Waals surface area contributed by atoms with E-state index in [0.29, 0.717) is 11.1 Å². The first-order valence-corrected chi connectivity index (χ1v) is 11.7. The average Bonchev–Trinajstić information content (AvgIpc) is 2.79. The number of anilines is 1. The highest BCUT2D eigenvalue weighted by molar-refractivity contribution is 7.89. The molecule has 1 atom stereocenters. The minimum absolute atomic E-state index is 0.0689. The third kappa shape index (κ3) is 6.15. The number of rotatable bonds is 8. The van der Waals surface area contributed by atoms with Crippen molar-refractivity contribution in [3.63, 3.8) is 0 Å². The molecule has 0 bridgehead atoms. The van der Waals surface area contributed by atoms with Crippen LogP contribution < -0.4 is 14.8 Å². The van der Waals surface area contributed by atoms with Crippen LogP contribution in [0, 0.1) is 6.92 Å². The zero-order chi connectivity index (χ0) is 24.9. The molecule has 180 valence electrons. The molecule has 6 nitrogen and oxygen atoms in total. The van der Waals surface area contributed by atoms with Crippen molar-refractivity contribution in [1.29, 1.82) is 0 Å². The summed E-state index contributed by atoms with van der Waals surface area (Å²) in [6.07, 6.45) is -4.79. The summed E-state index contributed by atoms with van der Waals surface area (Å²) in [6.45, 7) is 1.70. The summed E-state index contributed by atoms with van der Waals surface area (Å²) >= 11 is 0. The topological polar surface area (TPSA) is 84.5 Å². The summed E-state index contributed by atoms with van der Waals surface area (Å²) in [5.41, 5.74) is -0.245. The van der Waals surface area contributed by atoms with Crippen molar-refractivity contribution in [3.8, 4) is 5.75 Å². The third-order valence-electron chi connectivity index (χ3n) is 5.00. The Morgan fingerprint density at radius 1 is 1.00 bits per heavy atom. The second-order valence-electron chi connectivity index (χ2n) is 7.55. The van der Waals surface area contributed by atoms with Gasteiger partial charge in [-0.2, -0.15) is 17.9 Å². The normalized spacial score (nSPS) is 12.7. The highest BCUT2D eigenvalue weighted by atomic mass is 32.2. The first kappa shape index (κ1) is 25.3. The minimum Gasteiger partial charge on any atom is -0.495 e. The van der Waals surface area contributed by atoms with Crippen molar-refractivity contribution in [1.82, 2.24) is 4.72 Å². The summed E-state index contributed by atoms with van der Waals surface area (Å²) in [5.74, 6) is -0.866. The number of sulfonamides is 1. The van der Waals surface area contributed by atoms with Crippen LogP contribution in [0.15, 0.2) is 77.7 Å². The zero-order valence-electron chi connectivity index (χ0n) is 18.4. The van der Waals surface area contributed by atoms with Gasteiger partial charge >= 0.3 is 6.18 Å². The summed E-state index contributed by atoms with van der Waals surface area (Å²) in [5, 5.41) is 2.23. The Kier molecular flexibility index (Phi) is 7.63. The van der Waals surface area contributed by atoms with Gasteiger partial charge in [-0.1, -0.05) is 48.5 Å². The quantitative estimate of drug-likeness (QED) is 0.483. The molecular formula is C24H23F3N2O4S. The number of carbonyl (C=O) groups excluding carboxylic acids is 1. The third-order valence-corrected chi connectivity index (χ3v) is 6.49. The number of alkyl halides is 3. The van der Waals surface area contributed by atoms with Gasteiger partial charge in [-0.25, -0.2) is 8.42 Å². The molecule has 10 heteroatoms. The summed E-state index contributed by atoms with van der Waals surface area (Å²) < 4.78 is 74.0. The summed E-state index contributed by atoms with van der Waals surface area (Å²) in [7, 11) is -2.97. The van der Waals surface area contributed by atoms with E-state index in [-0.39, 0.29) is 17.1 Å². The van der Waals surface area contributed by atoms with E-state index in [1.165, 1.54) is 31.4 Å². The molecule has 0 spiro atoms. The molecule has 3 rings (SSSR count). The van der Waals surface area contributed by atoms with E-state index in [1.807, 2.05) is 0 Å². The van der Waals surface area contributed by atoms with Crippen LogP contribution in [0.5, 0.6) is 5.75 Å². The average molecular weight is 493 g/mol. The molecule has 0 aliphatic heterocycles. The van der Waals surface area contributed by atoms with Crippen LogP contribution in [0.1, 0.15) is 16.7 Å². The lowest BCUT2D eigenvalue weighted by atomic mass is 10.1. The van der Waals surface area contributed by atoms with Crippen LogP contribution in [0.2, 0.25) is 0 Å². The van der Waals surface area contributed by atoms with Crippen LogP contribution in [0.3, 0.4) is 0 Å². The molecular weight excluding hydrogens is 469 g/mol. The lowest BCUT2D eigenvalue weighted by molar-refractivity contribution is -0.137. The van der Waals surface area contributed by atoms with Crippen LogP contribution >= 0.6 is 0 Å². The molecule has 1 amide bonds. The van der Waals surface area contributed by atoms with Gasteiger partial charge in [0.05, 0.1) is 18.4 Å². The van der Waals surface area contributed by atoms with E-state index in [2.05, 4.69) is 10.0 Å². The molecule has 0 heterocycles. The van der Waals surface area contributed by atoms with Crippen molar-refractivity contribution in [3.05, 3.63) is 89.5 Å². The smallest absolute Gasteiger partial charge is 0.418 e. The largest absolute Gasteiger partial charge is 0.495 e. The maximum atomic E-state index is 13.4. The van der Waals surface area contributed by atoms with E-state index in [0.717, 1.165) is 12.1 Å². The molecule has 34 heavy (non-hydrogen) atoms. The van der Waals surface area contributed by atoms with Gasteiger partial charge in [0.2, 0.25) is 15.9 Å². The number of carbonyl (C=O) groups is 1. The van der Waals surface area contributed by atoms with Crippen LogP contribution in [0.25, 0.3) is 0 Å². The highest BCUT2D eigenvalue weighted by Gasteiger charge is 2.35. The molecule has 3 aromatic rings. The highest BCUT2D eigenvalue weighted by Crippen LogP contribution is 2.34. The predicted octanol–water partition coefficient (Wildman–Crippen LogP) is 4.55. The van der Waals surface area contributed by atoms with Crippen LogP contribution in [-0.2, 0) is 27.4 Å². The summed E-state index contributed by atoms with van der Waals surface area (Å²) in [6, 6.07) is 16.2. The number of hydrogen-bond acceptors (Lipinski definition) is 4. The standard InChI is InChI=1S/C24H23F3N2O4S/c1-16-12-13-21(33-2)22(14-16)34(31,32)29-20(15-17-8-4-3-5-9-17)23(30)28-19-11-7-6-10-18(19)24(25,26)27/h3-14,20,29H,15H2,1-2H3,(H,28,30). The fourth-order valence-corrected chi connectivity index (χ4v) is 4.79. The number of methoxy groups -OCH3 is 1. The van der Waals surface area contributed by atoms with Gasteiger partial charge in [0.25, 0.3) is 0 Å². The van der Waals surface area contributed by atoms with Gasteiger partial charge in [0, 0.05) is 0 Å². The molecule has 2 N–H and O–H groups in total. The summed E-state index contributed by atoms with van der Waals surface area (Å²) in [4.78, 5) is 12.9. The van der Waals surface area contributed by atoms with Crippen molar-refractivity contribution < 1.29 is 31.1 Å². The van der Waals surface area contributed by atoms with Gasteiger partial charge < -0.3 is 10.1 Å². The molecule has 0 saturated carbocycles.